The van der Waals surface area contributed by atoms with Crippen molar-refractivity contribution < 1.29 is 13.2 Å². The zero-order valence-electron chi connectivity index (χ0n) is 16.4. The van der Waals surface area contributed by atoms with Gasteiger partial charge < -0.3 is 10.2 Å². The lowest BCUT2D eigenvalue weighted by molar-refractivity contribution is 0.0949. The number of carbonyl (C=O) groups excluding carboxylic acids is 1. The number of aryl methyl sites for hydroxylation is 2. The summed E-state index contributed by atoms with van der Waals surface area (Å²) in [4.78, 5) is 23.2. The molecule has 0 radical (unpaired) electrons. The first-order valence-corrected chi connectivity index (χ1v) is 11.3. The third-order valence-corrected chi connectivity index (χ3v) is 6.55. The smallest absolute Gasteiger partial charge is 0.271 e. The highest BCUT2D eigenvalue weighted by molar-refractivity contribution is 7.89. The van der Waals surface area contributed by atoms with E-state index >= 15 is 0 Å². The van der Waals surface area contributed by atoms with Gasteiger partial charge in [-0.25, -0.2) is 23.1 Å². The van der Waals surface area contributed by atoms with Crippen LogP contribution in [-0.4, -0.2) is 50.5 Å². The summed E-state index contributed by atoms with van der Waals surface area (Å²) in [6.45, 7) is 5.42. The van der Waals surface area contributed by atoms with Gasteiger partial charge >= 0.3 is 0 Å². The predicted molar refractivity (Wildman–Crippen MR) is 112 cm³/mol. The summed E-state index contributed by atoms with van der Waals surface area (Å²) in [5.74, 6) is 0.0106. The predicted octanol–water partition coefficient (Wildman–Crippen LogP) is 2.06. The maximum absolute atomic E-state index is 12.5. The summed E-state index contributed by atoms with van der Waals surface area (Å²) in [5, 5.41) is 2.80. The van der Waals surface area contributed by atoms with Crippen LogP contribution in [0.2, 0.25) is 5.02 Å². The van der Waals surface area contributed by atoms with Crippen LogP contribution in [0.4, 0.5) is 5.95 Å². The molecule has 2 aromatic rings. The molecule has 0 bridgehead atoms. The van der Waals surface area contributed by atoms with Crippen LogP contribution >= 0.6 is 11.6 Å². The van der Waals surface area contributed by atoms with E-state index in [9.17, 15) is 13.2 Å². The van der Waals surface area contributed by atoms with Crippen molar-refractivity contribution >= 4 is 33.5 Å². The molecule has 1 aliphatic heterocycles. The zero-order valence-corrected chi connectivity index (χ0v) is 18.0. The van der Waals surface area contributed by atoms with Gasteiger partial charge in [-0.1, -0.05) is 23.7 Å². The number of hydrogen-bond acceptors (Lipinski definition) is 6. The number of benzene rings is 1. The topological polar surface area (TPSA) is 104 Å². The van der Waals surface area contributed by atoms with Crippen LogP contribution in [-0.2, 0) is 10.0 Å². The molecular formula is C19H24ClN5O3S. The monoisotopic (exact) mass is 437 g/mol. The second-order valence-electron chi connectivity index (χ2n) is 6.98. The highest BCUT2D eigenvalue weighted by Crippen LogP contribution is 2.20. The van der Waals surface area contributed by atoms with Gasteiger partial charge in [0.05, 0.1) is 16.1 Å². The molecule has 1 aromatic carbocycles. The van der Waals surface area contributed by atoms with E-state index in [1.165, 1.54) is 6.20 Å². The molecule has 1 aromatic heterocycles. The molecule has 0 spiro atoms. The van der Waals surface area contributed by atoms with Gasteiger partial charge in [-0.3, -0.25) is 4.79 Å². The minimum absolute atomic E-state index is 0.0448. The van der Waals surface area contributed by atoms with E-state index < -0.39 is 15.9 Å². The van der Waals surface area contributed by atoms with Gasteiger partial charge in [-0.2, -0.15) is 0 Å². The van der Waals surface area contributed by atoms with Crippen molar-refractivity contribution in [2.75, 3.05) is 31.1 Å². The number of sulfonamides is 1. The number of carbonyl (C=O) groups is 1. The third kappa shape index (κ3) is 5.23. The highest BCUT2D eigenvalue weighted by Gasteiger charge is 2.20. The first kappa shape index (κ1) is 21.5. The van der Waals surface area contributed by atoms with E-state index in [1.807, 2.05) is 17.9 Å². The van der Waals surface area contributed by atoms with Crippen molar-refractivity contribution in [3.63, 3.8) is 0 Å². The molecule has 0 aliphatic carbocycles. The van der Waals surface area contributed by atoms with Crippen molar-refractivity contribution in [3.8, 4) is 0 Å². The number of nitrogens with zero attached hydrogens (tertiary/aromatic N) is 3. The van der Waals surface area contributed by atoms with E-state index in [2.05, 4.69) is 20.0 Å². The summed E-state index contributed by atoms with van der Waals surface area (Å²) in [5.41, 5.74) is 1.60. The first-order chi connectivity index (χ1) is 13.8. The van der Waals surface area contributed by atoms with E-state index in [0.29, 0.717) is 11.5 Å². The number of nitrogens with one attached hydrogen (secondary N) is 2. The Morgan fingerprint density at radius 3 is 2.66 bits per heavy atom. The summed E-state index contributed by atoms with van der Waals surface area (Å²) in [7, 11) is -3.66. The van der Waals surface area contributed by atoms with Gasteiger partial charge in [0.2, 0.25) is 16.0 Å². The summed E-state index contributed by atoms with van der Waals surface area (Å²) in [6.07, 6.45) is 3.54. The lowest BCUT2D eigenvalue weighted by Gasteiger charge is -2.16. The molecule has 0 atom stereocenters. The average Bonchev–Trinajstić information content (AvgIpc) is 3.22. The summed E-state index contributed by atoms with van der Waals surface area (Å²) < 4.78 is 27.5. The van der Waals surface area contributed by atoms with Crippen LogP contribution in [0.15, 0.2) is 29.3 Å². The molecule has 1 amide bonds. The Morgan fingerprint density at radius 2 is 1.93 bits per heavy atom. The van der Waals surface area contributed by atoms with Gasteiger partial charge in [0.15, 0.2) is 5.69 Å². The maximum atomic E-state index is 12.5. The molecule has 0 saturated carbocycles. The Hall–Kier alpha value is -2.23. The van der Waals surface area contributed by atoms with Crippen LogP contribution in [0, 0.1) is 13.8 Å². The van der Waals surface area contributed by atoms with Crippen LogP contribution < -0.4 is 14.9 Å². The molecular weight excluding hydrogens is 414 g/mol. The first-order valence-electron chi connectivity index (χ1n) is 9.40. The number of amides is 1. The van der Waals surface area contributed by atoms with Gasteiger partial charge in [0, 0.05) is 26.2 Å². The van der Waals surface area contributed by atoms with Crippen molar-refractivity contribution in [1.29, 1.82) is 0 Å². The largest absolute Gasteiger partial charge is 0.349 e. The van der Waals surface area contributed by atoms with E-state index in [1.54, 1.807) is 19.1 Å². The van der Waals surface area contributed by atoms with Gasteiger partial charge in [0.25, 0.3) is 5.91 Å². The number of anilines is 1. The molecule has 3 rings (SSSR count). The molecule has 1 saturated heterocycles. The Balaban J connectivity index is 1.58. The van der Waals surface area contributed by atoms with Crippen LogP contribution in [0.25, 0.3) is 0 Å². The molecule has 29 heavy (non-hydrogen) atoms. The fraction of sp³-hybridized carbons (Fsp3) is 0.421. The average molecular weight is 438 g/mol. The fourth-order valence-corrected chi connectivity index (χ4v) is 4.64. The van der Waals surface area contributed by atoms with Crippen molar-refractivity contribution in [2.24, 2.45) is 0 Å². The molecule has 156 valence electrons. The lowest BCUT2D eigenvalue weighted by Crippen LogP contribution is -2.35. The Bertz CT molecular complexity index is 1010. The molecule has 2 heterocycles. The highest BCUT2D eigenvalue weighted by atomic mass is 35.5. The van der Waals surface area contributed by atoms with Crippen LogP contribution in [0.5, 0.6) is 0 Å². The van der Waals surface area contributed by atoms with Crippen molar-refractivity contribution in [2.45, 2.75) is 31.6 Å². The Labute approximate surface area is 175 Å². The van der Waals surface area contributed by atoms with E-state index in [-0.39, 0.29) is 28.7 Å². The summed E-state index contributed by atoms with van der Waals surface area (Å²) >= 11 is 6.08. The number of hydrogen-bond donors (Lipinski definition) is 2. The lowest BCUT2D eigenvalue weighted by atomic mass is 10.2. The standard InChI is InChI=1S/C19H24ClN5O3S/c1-13-5-6-14(2)16(11-13)29(27,28)23-8-7-21-18(26)17-15(20)12-22-19(24-17)25-9-3-4-10-25/h5-6,11-12,23H,3-4,7-10H2,1-2H3,(H,21,26). The van der Waals surface area contributed by atoms with Crippen molar-refractivity contribution in [3.05, 3.63) is 46.2 Å². The minimum Gasteiger partial charge on any atom is -0.349 e. The Kier molecular flexibility index (Phi) is 6.71. The van der Waals surface area contributed by atoms with E-state index in [0.717, 1.165) is 31.5 Å². The van der Waals surface area contributed by atoms with Gasteiger partial charge in [-0.15, -0.1) is 0 Å². The molecule has 2 N–H and O–H groups in total. The van der Waals surface area contributed by atoms with E-state index in [4.69, 9.17) is 11.6 Å². The second kappa shape index (κ2) is 9.06. The second-order valence-corrected chi connectivity index (χ2v) is 9.13. The maximum Gasteiger partial charge on any atom is 0.271 e. The molecule has 1 fully saturated rings. The normalized spacial score (nSPS) is 14.2. The van der Waals surface area contributed by atoms with Crippen molar-refractivity contribution in [1.82, 2.24) is 20.0 Å². The fourth-order valence-electron chi connectivity index (χ4n) is 3.11. The number of halogens is 1. The number of aromatic nitrogens is 2. The SMILES string of the molecule is Cc1ccc(C)c(S(=O)(=O)NCCNC(=O)c2nc(N3CCCC3)ncc2Cl)c1. The summed E-state index contributed by atoms with van der Waals surface area (Å²) in [6, 6.07) is 5.24. The molecule has 8 nitrogen and oxygen atoms in total. The molecule has 0 unspecified atom stereocenters. The third-order valence-electron chi connectivity index (χ3n) is 4.67. The van der Waals surface area contributed by atoms with Crippen LogP contribution in [0.1, 0.15) is 34.5 Å². The van der Waals surface area contributed by atoms with Gasteiger partial charge in [-0.05, 0) is 43.9 Å². The Morgan fingerprint density at radius 1 is 1.21 bits per heavy atom. The minimum atomic E-state index is -3.66. The van der Waals surface area contributed by atoms with Crippen LogP contribution in [0.3, 0.4) is 0 Å². The zero-order chi connectivity index (χ0) is 21.0. The molecule has 10 heteroatoms. The van der Waals surface area contributed by atoms with Gasteiger partial charge in [0.1, 0.15) is 0 Å². The quantitative estimate of drug-likeness (QED) is 0.642. The number of rotatable bonds is 7. The molecule has 1 aliphatic rings.